The highest BCUT2D eigenvalue weighted by Gasteiger charge is 2.39. The van der Waals surface area contributed by atoms with Crippen LogP contribution in [0.1, 0.15) is 18.5 Å². The van der Waals surface area contributed by atoms with Crippen molar-refractivity contribution >= 4 is 11.7 Å². The molecule has 0 bridgehead atoms. The van der Waals surface area contributed by atoms with E-state index < -0.39 is 0 Å². The van der Waals surface area contributed by atoms with Crippen molar-refractivity contribution in [3.8, 4) is 0 Å². The van der Waals surface area contributed by atoms with Crippen LogP contribution in [-0.4, -0.2) is 27.3 Å². The molecule has 0 unspecified atom stereocenters. The Morgan fingerprint density at radius 2 is 2.10 bits per heavy atom. The lowest BCUT2D eigenvalue weighted by Crippen LogP contribution is -2.53. The Kier molecular flexibility index (Phi) is 3.18. The summed E-state index contributed by atoms with van der Waals surface area (Å²) in [6, 6.07) is 10.3. The number of carbonyl (C=O) groups excluding carboxylic acids is 1. The highest BCUT2D eigenvalue weighted by molar-refractivity contribution is 5.90. The number of hydrogen-bond donors (Lipinski definition) is 1. The molecular weight excluding hydrogens is 252 g/mol. The summed E-state index contributed by atoms with van der Waals surface area (Å²) < 4.78 is 1.67. The van der Waals surface area contributed by atoms with Gasteiger partial charge in [0.05, 0.1) is 17.9 Å². The smallest absolute Gasteiger partial charge is 0.317 e. The standard InChI is InChI=1S/C15H18N4O/c1-11-9-19(14(11)12-6-4-3-5-7-12)15(20)17-13-8-16-18(2)10-13/h3-8,10-11,14H,9H2,1-2H3,(H,17,20)/t11-,14+/m1/s1. The van der Waals surface area contributed by atoms with E-state index in [4.69, 9.17) is 0 Å². The molecule has 3 rings (SSSR count). The molecule has 5 heteroatoms. The predicted octanol–water partition coefficient (Wildman–Crippen LogP) is 2.65. The molecular formula is C15H18N4O. The Labute approximate surface area is 118 Å². The molecule has 0 radical (unpaired) electrons. The van der Waals surface area contributed by atoms with E-state index in [1.54, 1.807) is 17.1 Å². The fraction of sp³-hybridized carbons (Fsp3) is 0.333. The summed E-state index contributed by atoms with van der Waals surface area (Å²) in [5.41, 5.74) is 1.91. The first kappa shape index (κ1) is 12.7. The van der Waals surface area contributed by atoms with Gasteiger partial charge in [-0.05, 0) is 11.5 Å². The molecule has 2 heterocycles. The number of carbonyl (C=O) groups is 1. The van der Waals surface area contributed by atoms with E-state index in [9.17, 15) is 4.79 Å². The molecule has 5 nitrogen and oxygen atoms in total. The van der Waals surface area contributed by atoms with Crippen molar-refractivity contribution in [2.45, 2.75) is 13.0 Å². The van der Waals surface area contributed by atoms with Crippen LogP contribution in [0.5, 0.6) is 0 Å². The van der Waals surface area contributed by atoms with E-state index in [0.717, 1.165) is 12.2 Å². The molecule has 1 aliphatic heterocycles. The van der Waals surface area contributed by atoms with Crippen LogP contribution in [0.25, 0.3) is 0 Å². The summed E-state index contributed by atoms with van der Waals surface area (Å²) in [6.45, 7) is 2.96. The minimum atomic E-state index is -0.0649. The summed E-state index contributed by atoms with van der Waals surface area (Å²) >= 11 is 0. The summed E-state index contributed by atoms with van der Waals surface area (Å²) in [7, 11) is 1.83. The van der Waals surface area contributed by atoms with Crippen LogP contribution in [0.4, 0.5) is 10.5 Å². The first-order valence-electron chi connectivity index (χ1n) is 6.76. The number of aromatic nitrogens is 2. The molecule has 1 fully saturated rings. The molecule has 1 saturated heterocycles. The van der Waals surface area contributed by atoms with Gasteiger partial charge in [0.25, 0.3) is 0 Å². The number of urea groups is 1. The lowest BCUT2D eigenvalue weighted by molar-refractivity contribution is 0.0671. The van der Waals surface area contributed by atoms with Crippen molar-refractivity contribution in [3.05, 3.63) is 48.3 Å². The zero-order valence-electron chi connectivity index (χ0n) is 11.7. The first-order chi connectivity index (χ1) is 9.65. The van der Waals surface area contributed by atoms with Gasteiger partial charge in [-0.25, -0.2) is 4.79 Å². The molecule has 1 aromatic carbocycles. The van der Waals surface area contributed by atoms with E-state index >= 15 is 0 Å². The third-order valence-electron chi connectivity index (χ3n) is 3.72. The highest BCUT2D eigenvalue weighted by atomic mass is 16.2. The number of likely N-dealkylation sites (tertiary alicyclic amines) is 1. The quantitative estimate of drug-likeness (QED) is 0.912. The zero-order chi connectivity index (χ0) is 14.1. The van der Waals surface area contributed by atoms with Crippen LogP contribution in [0.15, 0.2) is 42.7 Å². The van der Waals surface area contributed by atoms with Gasteiger partial charge in [0, 0.05) is 19.8 Å². The molecule has 2 aromatic rings. The van der Waals surface area contributed by atoms with Crippen molar-refractivity contribution in [2.75, 3.05) is 11.9 Å². The third kappa shape index (κ3) is 2.27. The van der Waals surface area contributed by atoms with Gasteiger partial charge in [-0.3, -0.25) is 4.68 Å². The van der Waals surface area contributed by atoms with Gasteiger partial charge in [-0.15, -0.1) is 0 Å². The minimum Gasteiger partial charge on any atom is -0.317 e. The molecule has 0 aliphatic carbocycles. The van der Waals surface area contributed by atoms with Crippen molar-refractivity contribution in [1.29, 1.82) is 0 Å². The van der Waals surface area contributed by atoms with Gasteiger partial charge in [-0.2, -0.15) is 5.10 Å². The second-order valence-electron chi connectivity index (χ2n) is 5.32. The predicted molar refractivity (Wildman–Crippen MR) is 77.3 cm³/mol. The van der Waals surface area contributed by atoms with Gasteiger partial charge in [-0.1, -0.05) is 37.3 Å². The van der Waals surface area contributed by atoms with Crippen LogP contribution in [0.3, 0.4) is 0 Å². The molecule has 1 aliphatic rings. The maximum atomic E-state index is 12.3. The lowest BCUT2D eigenvalue weighted by atomic mass is 9.85. The zero-order valence-corrected chi connectivity index (χ0v) is 11.7. The van der Waals surface area contributed by atoms with E-state index in [0.29, 0.717) is 5.92 Å². The Balaban J connectivity index is 1.72. The molecule has 1 aromatic heterocycles. The number of benzene rings is 1. The molecule has 0 saturated carbocycles. The van der Waals surface area contributed by atoms with E-state index in [1.807, 2.05) is 30.1 Å². The third-order valence-corrected chi connectivity index (χ3v) is 3.72. The Hall–Kier alpha value is -2.30. The Morgan fingerprint density at radius 3 is 2.70 bits per heavy atom. The Bertz CT molecular complexity index is 607. The van der Waals surface area contributed by atoms with Crippen molar-refractivity contribution in [3.63, 3.8) is 0 Å². The largest absolute Gasteiger partial charge is 0.322 e. The summed E-state index contributed by atoms with van der Waals surface area (Å²) in [4.78, 5) is 14.2. The van der Waals surface area contributed by atoms with Crippen LogP contribution < -0.4 is 5.32 Å². The molecule has 2 amide bonds. The summed E-state index contributed by atoms with van der Waals surface area (Å²) in [6.07, 6.45) is 3.44. The lowest BCUT2D eigenvalue weighted by Gasteiger charge is -2.46. The average molecular weight is 270 g/mol. The fourth-order valence-electron chi connectivity index (χ4n) is 2.74. The van der Waals surface area contributed by atoms with Crippen molar-refractivity contribution in [1.82, 2.24) is 14.7 Å². The number of aryl methyl sites for hydroxylation is 1. The molecule has 1 N–H and O–H groups in total. The van der Waals surface area contributed by atoms with Gasteiger partial charge in [0.15, 0.2) is 0 Å². The SMILES string of the molecule is C[C@@H]1CN(C(=O)Nc2cnn(C)c2)[C@@H]1c1ccccc1. The second kappa shape index (κ2) is 5.00. The normalized spacial score (nSPS) is 21.4. The van der Waals surface area contributed by atoms with Gasteiger partial charge in [0.1, 0.15) is 0 Å². The van der Waals surface area contributed by atoms with Crippen LogP contribution in [-0.2, 0) is 7.05 Å². The number of nitrogens with zero attached hydrogens (tertiary/aromatic N) is 3. The van der Waals surface area contributed by atoms with Crippen LogP contribution >= 0.6 is 0 Å². The summed E-state index contributed by atoms with van der Waals surface area (Å²) in [5, 5.41) is 6.94. The summed E-state index contributed by atoms with van der Waals surface area (Å²) in [5.74, 6) is 0.483. The number of rotatable bonds is 2. The number of anilines is 1. The van der Waals surface area contributed by atoms with Crippen LogP contribution in [0.2, 0.25) is 0 Å². The van der Waals surface area contributed by atoms with E-state index in [-0.39, 0.29) is 12.1 Å². The minimum absolute atomic E-state index is 0.0649. The van der Waals surface area contributed by atoms with Gasteiger partial charge in [0.2, 0.25) is 0 Å². The Morgan fingerprint density at radius 1 is 1.35 bits per heavy atom. The van der Waals surface area contributed by atoms with Crippen molar-refractivity contribution in [2.24, 2.45) is 13.0 Å². The second-order valence-corrected chi connectivity index (χ2v) is 5.32. The highest BCUT2D eigenvalue weighted by Crippen LogP contribution is 2.38. The monoisotopic (exact) mass is 270 g/mol. The average Bonchev–Trinajstić information content (AvgIpc) is 2.82. The number of nitrogens with one attached hydrogen (secondary N) is 1. The number of amides is 2. The maximum absolute atomic E-state index is 12.3. The van der Waals surface area contributed by atoms with Crippen molar-refractivity contribution < 1.29 is 4.79 Å². The molecule has 20 heavy (non-hydrogen) atoms. The molecule has 2 atom stereocenters. The fourth-order valence-corrected chi connectivity index (χ4v) is 2.74. The first-order valence-corrected chi connectivity index (χ1v) is 6.76. The maximum Gasteiger partial charge on any atom is 0.322 e. The van der Waals surface area contributed by atoms with Gasteiger partial charge >= 0.3 is 6.03 Å². The molecule has 104 valence electrons. The van der Waals surface area contributed by atoms with Crippen LogP contribution in [0, 0.1) is 5.92 Å². The van der Waals surface area contributed by atoms with E-state index in [1.165, 1.54) is 5.56 Å². The molecule has 0 spiro atoms. The topological polar surface area (TPSA) is 50.2 Å². The van der Waals surface area contributed by atoms with E-state index in [2.05, 4.69) is 29.5 Å². The van der Waals surface area contributed by atoms with Gasteiger partial charge < -0.3 is 10.2 Å². The number of hydrogen-bond acceptors (Lipinski definition) is 2.